The van der Waals surface area contributed by atoms with Crippen molar-refractivity contribution in [2.45, 2.75) is 57.0 Å². The van der Waals surface area contributed by atoms with Crippen molar-refractivity contribution in [3.05, 3.63) is 70.9 Å². The van der Waals surface area contributed by atoms with Crippen LogP contribution in [-0.4, -0.2) is 48.8 Å². The number of pyridine rings is 1. The Hall–Kier alpha value is -3.04. The zero-order valence-electron chi connectivity index (χ0n) is 22.6. The van der Waals surface area contributed by atoms with Crippen molar-refractivity contribution in [1.82, 2.24) is 4.98 Å². The Labute approximate surface area is 234 Å². The van der Waals surface area contributed by atoms with Gasteiger partial charge in [0, 0.05) is 35.1 Å². The van der Waals surface area contributed by atoms with E-state index < -0.39 is 15.8 Å². The van der Waals surface area contributed by atoms with Crippen LogP contribution in [0.5, 0.6) is 11.6 Å². The van der Waals surface area contributed by atoms with Crippen molar-refractivity contribution in [2.75, 3.05) is 24.4 Å². The Bertz CT molecular complexity index is 1410. The van der Waals surface area contributed by atoms with E-state index in [2.05, 4.69) is 43.1 Å². The number of thioether (sulfide) groups is 1. The number of aromatic nitrogens is 1. The number of ether oxygens (including phenoxy) is 2. The number of benzene rings is 2. The lowest BCUT2D eigenvalue weighted by Gasteiger charge is -2.17. The van der Waals surface area contributed by atoms with Crippen LogP contribution in [0.2, 0.25) is 0 Å². The summed E-state index contributed by atoms with van der Waals surface area (Å²) in [6, 6.07) is 14.3. The van der Waals surface area contributed by atoms with Gasteiger partial charge in [-0.05, 0) is 70.8 Å². The molecule has 4 rings (SSSR count). The number of carbonyl (C=O) groups is 1. The normalized spacial score (nSPS) is 14.7. The third kappa shape index (κ3) is 7.76. The van der Waals surface area contributed by atoms with Crippen LogP contribution in [0.3, 0.4) is 0 Å². The first kappa shape index (κ1) is 29.0. The summed E-state index contributed by atoms with van der Waals surface area (Å²) in [4.78, 5) is 16.6. The minimum absolute atomic E-state index is 0.00877. The SMILES string of the molecule is CCc1cc(OCCCS(C)(=O)=O)cc(CC)c1-c1cccc(COc2cc3c(cn2)C(CC(=O)O)CS3)c1. The van der Waals surface area contributed by atoms with Gasteiger partial charge in [0.25, 0.3) is 0 Å². The highest BCUT2D eigenvalue weighted by Crippen LogP contribution is 2.42. The van der Waals surface area contributed by atoms with Crippen LogP contribution in [0.1, 0.15) is 54.9 Å². The van der Waals surface area contributed by atoms with Crippen LogP contribution in [0, 0.1) is 0 Å². The molecule has 0 spiro atoms. The third-order valence-electron chi connectivity index (χ3n) is 6.74. The largest absolute Gasteiger partial charge is 0.494 e. The van der Waals surface area contributed by atoms with E-state index in [4.69, 9.17) is 14.6 Å². The monoisotopic (exact) mass is 569 g/mol. The molecule has 208 valence electrons. The molecule has 1 aromatic heterocycles. The van der Waals surface area contributed by atoms with Gasteiger partial charge in [-0.3, -0.25) is 4.79 Å². The highest BCUT2D eigenvalue weighted by molar-refractivity contribution is 7.99. The predicted molar refractivity (Wildman–Crippen MR) is 155 cm³/mol. The summed E-state index contributed by atoms with van der Waals surface area (Å²) >= 11 is 1.65. The summed E-state index contributed by atoms with van der Waals surface area (Å²) in [7, 11) is -3.00. The van der Waals surface area contributed by atoms with Gasteiger partial charge in [-0.1, -0.05) is 32.0 Å². The Balaban J connectivity index is 1.48. The molecule has 0 fully saturated rings. The first-order valence-corrected chi connectivity index (χ1v) is 16.2. The highest BCUT2D eigenvalue weighted by Gasteiger charge is 2.26. The number of hydrogen-bond donors (Lipinski definition) is 1. The Morgan fingerprint density at radius 1 is 1.10 bits per heavy atom. The number of sulfone groups is 1. The van der Waals surface area contributed by atoms with Crippen molar-refractivity contribution < 1.29 is 27.8 Å². The van der Waals surface area contributed by atoms with Crippen molar-refractivity contribution >= 4 is 27.6 Å². The minimum atomic E-state index is -3.00. The molecule has 1 atom stereocenters. The second-order valence-electron chi connectivity index (χ2n) is 9.81. The molecule has 39 heavy (non-hydrogen) atoms. The van der Waals surface area contributed by atoms with Crippen LogP contribution >= 0.6 is 11.8 Å². The van der Waals surface area contributed by atoms with Crippen molar-refractivity contribution in [3.63, 3.8) is 0 Å². The van der Waals surface area contributed by atoms with Gasteiger partial charge >= 0.3 is 5.97 Å². The van der Waals surface area contributed by atoms with Gasteiger partial charge in [-0.25, -0.2) is 13.4 Å². The van der Waals surface area contributed by atoms with E-state index in [1.807, 2.05) is 18.2 Å². The van der Waals surface area contributed by atoms with Crippen LogP contribution in [-0.2, 0) is 34.1 Å². The second-order valence-corrected chi connectivity index (χ2v) is 13.1. The van der Waals surface area contributed by atoms with Crippen LogP contribution < -0.4 is 9.47 Å². The maximum atomic E-state index is 11.4. The van der Waals surface area contributed by atoms with E-state index in [9.17, 15) is 13.2 Å². The highest BCUT2D eigenvalue weighted by atomic mass is 32.2. The number of nitrogens with zero attached hydrogens (tertiary/aromatic N) is 1. The fourth-order valence-electron chi connectivity index (χ4n) is 4.83. The summed E-state index contributed by atoms with van der Waals surface area (Å²) in [5.41, 5.74) is 6.68. The second kappa shape index (κ2) is 12.9. The smallest absolute Gasteiger partial charge is 0.303 e. The molecule has 0 bridgehead atoms. The van der Waals surface area contributed by atoms with Gasteiger partial charge in [0.15, 0.2) is 0 Å². The van der Waals surface area contributed by atoms with Gasteiger partial charge in [0.05, 0.1) is 18.8 Å². The molecule has 0 radical (unpaired) electrons. The van der Waals surface area contributed by atoms with E-state index in [1.54, 1.807) is 18.0 Å². The molecule has 9 heteroatoms. The van der Waals surface area contributed by atoms with Crippen LogP contribution in [0.25, 0.3) is 11.1 Å². The van der Waals surface area contributed by atoms with Gasteiger partial charge < -0.3 is 14.6 Å². The topological polar surface area (TPSA) is 103 Å². The van der Waals surface area contributed by atoms with Crippen molar-refractivity contribution in [2.24, 2.45) is 0 Å². The summed E-state index contributed by atoms with van der Waals surface area (Å²) in [5.74, 6) is 1.36. The minimum Gasteiger partial charge on any atom is -0.494 e. The van der Waals surface area contributed by atoms with E-state index in [1.165, 1.54) is 22.9 Å². The van der Waals surface area contributed by atoms with E-state index >= 15 is 0 Å². The third-order valence-corrected chi connectivity index (χ3v) is 9.00. The lowest BCUT2D eigenvalue weighted by atomic mass is 9.90. The van der Waals surface area contributed by atoms with E-state index in [0.717, 1.165) is 45.9 Å². The average Bonchev–Trinajstić information content (AvgIpc) is 3.30. The standard InChI is InChI=1S/C30H35NO6S2/c1-4-21-13-25(36-10-7-11-39(3,34)35)14-22(5-2)30(21)23-9-6-8-20(12-23)18-37-28-16-27-26(17-31-28)24(19-38-27)15-29(32)33/h6,8-9,12-14,16-17,24H,4-5,7,10-11,15,18-19H2,1-3H3,(H,32,33). The molecule has 2 aromatic carbocycles. The number of hydrogen-bond acceptors (Lipinski definition) is 7. The molecule has 3 aromatic rings. The molecular weight excluding hydrogens is 534 g/mol. The number of fused-ring (bicyclic) bond motifs is 1. The predicted octanol–water partition coefficient (Wildman–Crippen LogP) is 5.93. The number of aliphatic carboxylic acids is 1. The van der Waals surface area contributed by atoms with E-state index in [0.29, 0.717) is 25.5 Å². The first-order valence-electron chi connectivity index (χ1n) is 13.2. The van der Waals surface area contributed by atoms with Gasteiger partial charge in [-0.15, -0.1) is 11.8 Å². The summed E-state index contributed by atoms with van der Waals surface area (Å²) < 4.78 is 34.8. The van der Waals surface area contributed by atoms with Gasteiger partial charge in [-0.2, -0.15) is 0 Å². The molecule has 0 aliphatic carbocycles. The summed E-state index contributed by atoms with van der Waals surface area (Å²) in [6.07, 6.45) is 5.25. The first-order chi connectivity index (χ1) is 18.7. The fourth-order valence-corrected chi connectivity index (χ4v) is 6.72. The van der Waals surface area contributed by atoms with Crippen LogP contribution in [0.4, 0.5) is 0 Å². The molecule has 7 nitrogen and oxygen atoms in total. The zero-order chi connectivity index (χ0) is 28.0. The Morgan fingerprint density at radius 3 is 2.51 bits per heavy atom. The van der Waals surface area contributed by atoms with E-state index in [-0.39, 0.29) is 18.1 Å². The molecule has 1 aliphatic heterocycles. The van der Waals surface area contributed by atoms with Gasteiger partial charge in [0.2, 0.25) is 5.88 Å². The molecule has 1 aliphatic rings. The maximum absolute atomic E-state index is 11.4. The quantitative estimate of drug-likeness (QED) is 0.253. The molecule has 0 amide bonds. The molecule has 0 saturated carbocycles. The maximum Gasteiger partial charge on any atom is 0.303 e. The van der Waals surface area contributed by atoms with Gasteiger partial charge in [0.1, 0.15) is 22.2 Å². The molecule has 1 unspecified atom stereocenters. The molecule has 1 N–H and O–H groups in total. The Morgan fingerprint density at radius 2 is 1.85 bits per heavy atom. The molecular formula is C30H35NO6S2. The zero-order valence-corrected chi connectivity index (χ0v) is 24.2. The summed E-state index contributed by atoms with van der Waals surface area (Å²) in [5, 5.41) is 9.14. The molecule has 0 saturated heterocycles. The molecule has 2 heterocycles. The fraction of sp³-hybridized carbons (Fsp3) is 0.400. The number of carboxylic acid groups (broad SMARTS) is 1. The number of rotatable bonds is 13. The Kier molecular flexibility index (Phi) is 9.56. The van der Waals surface area contributed by atoms with Crippen molar-refractivity contribution in [1.29, 1.82) is 0 Å². The van der Waals surface area contributed by atoms with Crippen LogP contribution in [0.15, 0.2) is 53.6 Å². The lowest BCUT2D eigenvalue weighted by molar-refractivity contribution is -0.137. The lowest BCUT2D eigenvalue weighted by Crippen LogP contribution is -2.08. The van der Waals surface area contributed by atoms with Crippen molar-refractivity contribution in [3.8, 4) is 22.8 Å². The average molecular weight is 570 g/mol. The number of carboxylic acids is 1. The summed E-state index contributed by atoms with van der Waals surface area (Å²) in [6.45, 7) is 4.97. The number of aryl methyl sites for hydroxylation is 2.